The van der Waals surface area contributed by atoms with Gasteiger partial charge in [0.1, 0.15) is 24.1 Å². The summed E-state index contributed by atoms with van der Waals surface area (Å²) < 4.78 is 9.77. The molecule has 0 aromatic heterocycles. The summed E-state index contributed by atoms with van der Waals surface area (Å²) in [5.74, 6) is -0.831. The van der Waals surface area contributed by atoms with Gasteiger partial charge in [-0.2, -0.15) is 0 Å². The van der Waals surface area contributed by atoms with Crippen LogP contribution in [0, 0.1) is 6.92 Å². The molecule has 1 aliphatic heterocycles. The van der Waals surface area contributed by atoms with Crippen molar-refractivity contribution in [3.8, 4) is 5.75 Å². The molecule has 1 aromatic carbocycles. The van der Waals surface area contributed by atoms with Crippen LogP contribution in [-0.4, -0.2) is 57.1 Å². The lowest BCUT2D eigenvalue weighted by molar-refractivity contribution is -0.279. The molecule has 2 rings (SSSR count). The maximum absolute atomic E-state index is 11.9. The van der Waals surface area contributed by atoms with Crippen LogP contribution in [0.25, 0.3) is 0 Å². The van der Waals surface area contributed by atoms with Crippen molar-refractivity contribution in [2.75, 3.05) is 0 Å². The molecule has 1 saturated heterocycles. The van der Waals surface area contributed by atoms with Gasteiger partial charge in [0.2, 0.25) is 0 Å². The van der Waals surface area contributed by atoms with E-state index in [1.165, 1.54) is 18.2 Å². The van der Waals surface area contributed by atoms with Crippen LogP contribution in [0.5, 0.6) is 5.75 Å². The van der Waals surface area contributed by atoms with Gasteiger partial charge in [-0.1, -0.05) is 11.6 Å². The molecule has 0 bridgehead atoms. The van der Waals surface area contributed by atoms with Gasteiger partial charge in [0.15, 0.2) is 12.4 Å². The Kier molecular flexibility index (Phi) is 4.82. The van der Waals surface area contributed by atoms with E-state index in [1.807, 2.05) is 0 Å². The Morgan fingerprint density at radius 3 is 2.48 bits per heavy atom. The van der Waals surface area contributed by atoms with E-state index < -0.39 is 36.7 Å². The molecule has 4 N–H and O–H groups in total. The van der Waals surface area contributed by atoms with E-state index in [1.54, 1.807) is 6.92 Å². The average Bonchev–Trinajstić information content (AvgIpc) is 2.44. The zero-order valence-electron chi connectivity index (χ0n) is 11.0. The standard InChI is InChI=1S/C13H15ClO7/c1-5-4-6(2-3-7(5)14)20-13(19)11-9(16)8(15)10(17)12(18)21-11/h2-4,8-12,15-18H,1H3/t8-,9-,10+,11-,12+/m0/s1. The normalized spacial score (nSPS) is 32.8. The molecular weight excluding hydrogens is 304 g/mol. The van der Waals surface area contributed by atoms with E-state index in [-0.39, 0.29) is 5.75 Å². The Morgan fingerprint density at radius 2 is 1.86 bits per heavy atom. The average molecular weight is 319 g/mol. The summed E-state index contributed by atoms with van der Waals surface area (Å²) in [6.07, 6.45) is -8.56. The van der Waals surface area contributed by atoms with E-state index in [2.05, 4.69) is 0 Å². The first kappa shape index (κ1) is 16.2. The summed E-state index contributed by atoms with van der Waals surface area (Å²) in [5.41, 5.74) is 0.683. The molecule has 116 valence electrons. The second-order valence-electron chi connectivity index (χ2n) is 4.75. The molecule has 1 aliphatic rings. The summed E-state index contributed by atoms with van der Waals surface area (Å²) in [4.78, 5) is 11.9. The third-order valence-corrected chi connectivity index (χ3v) is 3.59. The lowest BCUT2D eigenvalue weighted by Gasteiger charge is -2.36. The smallest absolute Gasteiger partial charge is 0.343 e. The first-order chi connectivity index (χ1) is 9.81. The molecule has 7 nitrogen and oxygen atoms in total. The predicted octanol–water partition coefficient (Wildman–Crippen LogP) is -0.646. The lowest BCUT2D eigenvalue weighted by atomic mass is 9.99. The second-order valence-corrected chi connectivity index (χ2v) is 5.16. The molecule has 0 amide bonds. The van der Waals surface area contributed by atoms with Crippen LogP contribution in [0.3, 0.4) is 0 Å². The van der Waals surface area contributed by atoms with E-state index in [9.17, 15) is 25.2 Å². The third-order valence-electron chi connectivity index (χ3n) is 3.17. The number of hydrogen-bond acceptors (Lipinski definition) is 7. The summed E-state index contributed by atoms with van der Waals surface area (Å²) in [6, 6.07) is 4.49. The number of rotatable bonds is 2. The number of hydrogen-bond donors (Lipinski definition) is 4. The third kappa shape index (κ3) is 3.34. The number of esters is 1. The molecule has 0 radical (unpaired) electrons. The summed E-state index contributed by atoms with van der Waals surface area (Å²) >= 11 is 5.84. The van der Waals surface area contributed by atoms with Crippen molar-refractivity contribution < 1.29 is 34.7 Å². The van der Waals surface area contributed by atoms with Crippen LogP contribution in [0.1, 0.15) is 5.56 Å². The Hall–Kier alpha value is -1.22. The molecule has 8 heteroatoms. The van der Waals surface area contributed by atoms with Crippen molar-refractivity contribution >= 4 is 17.6 Å². The van der Waals surface area contributed by atoms with Gasteiger partial charge in [0.25, 0.3) is 0 Å². The van der Waals surface area contributed by atoms with Crippen LogP contribution in [0.4, 0.5) is 0 Å². The van der Waals surface area contributed by atoms with Crippen molar-refractivity contribution in [1.29, 1.82) is 0 Å². The maximum Gasteiger partial charge on any atom is 0.343 e. The van der Waals surface area contributed by atoms with Crippen LogP contribution < -0.4 is 4.74 Å². The molecule has 21 heavy (non-hydrogen) atoms. The summed E-state index contributed by atoms with van der Waals surface area (Å²) in [5, 5.41) is 38.4. The predicted molar refractivity (Wildman–Crippen MR) is 70.7 cm³/mol. The minimum atomic E-state index is -1.80. The second kappa shape index (κ2) is 6.27. The molecule has 0 unspecified atom stereocenters. The van der Waals surface area contributed by atoms with Crippen molar-refractivity contribution in [2.45, 2.75) is 37.6 Å². The van der Waals surface area contributed by atoms with Crippen molar-refractivity contribution in [3.05, 3.63) is 28.8 Å². The highest BCUT2D eigenvalue weighted by atomic mass is 35.5. The Labute approximate surface area is 125 Å². The van der Waals surface area contributed by atoms with Gasteiger partial charge in [-0.25, -0.2) is 4.79 Å². The fourth-order valence-corrected chi connectivity index (χ4v) is 2.03. The van der Waals surface area contributed by atoms with Gasteiger partial charge in [-0.05, 0) is 30.7 Å². The fourth-order valence-electron chi connectivity index (χ4n) is 1.91. The molecular formula is C13H15ClO7. The number of ether oxygens (including phenoxy) is 2. The van der Waals surface area contributed by atoms with Gasteiger partial charge in [0.05, 0.1) is 0 Å². The topological polar surface area (TPSA) is 116 Å². The quantitative estimate of drug-likeness (QED) is 0.423. The zero-order valence-corrected chi connectivity index (χ0v) is 11.8. The van der Waals surface area contributed by atoms with Gasteiger partial charge in [0, 0.05) is 5.02 Å². The first-order valence-corrected chi connectivity index (χ1v) is 6.54. The van der Waals surface area contributed by atoms with Gasteiger partial charge in [-0.3, -0.25) is 0 Å². The summed E-state index contributed by atoms with van der Waals surface area (Å²) in [7, 11) is 0. The Bertz CT molecular complexity index is 535. The highest BCUT2D eigenvalue weighted by Crippen LogP contribution is 2.24. The summed E-state index contributed by atoms with van der Waals surface area (Å²) in [6.45, 7) is 1.72. The number of benzene rings is 1. The SMILES string of the molecule is Cc1cc(OC(=O)[C@H]2O[C@@H](O)[C@H](O)[C@@H](O)[C@@H]2O)ccc1Cl. The number of halogens is 1. The maximum atomic E-state index is 11.9. The van der Waals surface area contributed by atoms with E-state index >= 15 is 0 Å². The highest BCUT2D eigenvalue weighted by molar-refractivity contribution is 6.31. The molecule has 0 saturated carbocycles. The van der Waals surface area contributed by atoms with Crippen LogP contribution in [0.2, 0.25) is 5.02 Å². The highest BCUT2D eigenvalue weighted by Gasteiger charge is 2.47. The van der Waals surface area contributed by atoms with E-state index in [0.717, 1.165) is 0 Å². The number of carbonyl (C=O) groups excluding carboxylic acids is 1. The van der Waals surface area contributed by atoms with Crippen LogP contribution in [-0.2, 0) is 9.53 Å². The van der Waals surface area contributed by atoms with Crippen molar-refractivity contribution in [2.24, 2.45) is 0 Å². The van der Waals surface area contributed by atoms with Gasteiger partial charge in [-0.15, -0.1) is 0 Å². The molecule has 0 spiro atoms. The van der Waals surface area contributed by atoms with Crippen LogP contribution >= 0.6 is 11.6 Å². The molecule has 1 aromatic rings. The number of aliphatic hydroxyl groups is 4. The van der Waals surface area contributed by atoms with Crippen molar-refractivity contribution in [3.63, 3.8) is 0 Å². The van der Waals surface area contributed by atoms with E-state index in [0.29, 0.717) is 10.6 Å². The molecule has 0 aliphatic carbocycles. The monoisotopic (exact) mass is 318 g/mol. The molecule has 1 fully saturated rings. The Balaban J connectivity index is 2.10. The van der Waals surface area contributed by atoms with Crippen LogP contribution in [0.15, 0.2) is 18.2 Å². The Morgan fingerprint density at radius 1 is 1.19 bits per heavy atom. The first-order valence-electron chi connectivity index (χ1n) is 6.17. The molecule has 1 heterocycles. The lowest BCUT2D eigenvalue weighted by Crippen LogP contribution is -2.60. The molecule has 5 atom stereocenters. The largest absolute Gasteiger partial charge is 0.425 e. The van der Waals surface area contributed by atoms with Gasteiger partial charge >= 0.3 is 5.97 Å². The van der Waals surface area contributed by atoms with Crippen molar-refractivity contribution in [1.82, 2.24) is 0 Å². The minimum absolute atomic E-state index is 0.174. The number of aliphatic hydroxyl groups excluding tert-OH is 4. The number of carbonyl (C=O) groups is 1. The minimum Gasteiger partial charge on any atom is -0.425 e. The van der Waals surface area contributed by atoms with E-state index in [4.69, 9.17) is 21.1 Å². The van der Waals surface area contributed by atoms with Gasteiger partial charge < -0.3 is 29.9 Å². The number of aryl methyl sites for hydroxylation is 1. The fraction of sp³-hybridized carbons (Fsp3) is 0.462. The zero-order chi connectivity index (χ0) is 15.7.